The Kier molecular flexibility index (Phi) is 6.46. The molecule has 1 unspecified atom stereocenters. The van der Waals surface area contributed by atoms with Crippen LogP contribution in [0.1, 0.15) is 17.5 Å². The Morgan fingerprint density at radius 3 is 2.57 bits per heavy atom. The monoisotopic (exact) mass is 429 g/mol. The van der Waals surface area contributed by atoms with Crippen LogP contribution in [0.3, 0.4) is 0 Å². The number of ether oxygens (including phenoxy) is 1. The lowest BCUT2D eigenvalue weighted by Gasteiger charge is -2.37. The van der Waals surface area contributed by atoms with Gasteiger partial charge >= 0.3 is 0 Å². The fourth-order valence-electron chi connectivity index (χ4n) is 4.05. The number of fused-ring (bicyclic) bond motifs is 1. The summed E-state index contributed by atoms with van der Waals surface area (Å²) in [5.74, 6) is 0.568. The molecule has 0 aromatic heterocycles. The zero-order valence-electron chi connectivity index (χ0n) is 17.2. The van der Waals surface area contributed by atoms with E-state index in [1.54, 1.807) is 12.1 Å². The molecule has 2 aliphatic heterocycles. The van der Waals surface area contributed by atoms with Crippen LogP contribution in [-0.4, -0.2) is 61.3 Å². The molecule has 0 spiro atoms. The minimum Gasteiger partial charge on any atom is -0.489 e. The van der Waals surface area contributed by atoms with Crippen molar-refractivity contribution in [3.8, 4) is 5.75 Å². The number of hydrogen-bond donors (Lipinski definition) is 2. The molecule has 2 aliphatic rings. The SMILES string of the molecule is Cc1ccc(N2CCN(CC(O)COc3c(Cl)ccc4c3CCC(=O)N4)CC2)cc1. The number of aliphatic hydroxyl groups excluding tert-OH is 1. The molecule has 2 N–H and O–H groups in total. The first kappa shape index (κ1) is 21.0. The third-order valence-electron chi connectivity index (χ3n) is 5.75. The van der Waals surface area contributed by atoms with E-state index in [2.05, 4.69) is 46.3 Å². The molecule has 1 saturated heterocycles. The van der Waals surface area contributed by atoms with Crippen LogP contribution >= 0.6 is 11.6 Å². The van der Waals surface area contributed by atoms with E-state index in [0.717, 1.165) is 37.4 Å². The second kappa shape index (κ2) is 9.25. The van der Waals surface area contributed by atoms with Gasteiger partial charge in [-0.1, -0.05) is 29.3 Å². The molecule has 2 heterocycles. The number of halogens is 1. The van der Waals surface area contributed by atoms with Gasteiger partial charge in [0.15, 0.2) is 0 Å². The fraction of sp³-hybridized carbons (Fsp3) is 0.435. The van der Waals surface area contributed by atoms with Crippen LogP contribution in [0.2, 0.25) is 5.02 Å². The smallest absolute Gasteiger partial charge is 0.224 e. The van der Waals surface area contributed by atoms with E-state index in [9.17, 15) is 9.90 Å². The molecule has 30 heavy (non-hydrogen) atoms. The lowest BCUT2D eigenvalue weighted by Crippen LogP contribution is -2.49. The summed E-state index contributed by atoms with van der Waals surface area (Å²) in [5.41, 5.74) is 4.16. The van der Waals surface area contributed by atoms with Crippen LogP contribution in [0, 0.1) is 6.92 Å². The molecular formula is C23H28ClN3O3. The summed E-state index contributed by atoms with van der Waals surface area (Å²) in [7, 11) is 0. The van der Waals surface area contributed by atoms with Gasteiger partial charge in [0.25, 0.3) is 0 Å². The summed E-state index contributed by atoms with van der Waals surface area (Å²) in [6, 6.07) is 12.1. The Balaban J connectivity index is 1.28. The lowest BCUT2D eigenvalue weighted by molar-refractivity contribution is -0.116. The van der Waals surface area contributed by atoms with Gasteiger partial charge in [-0.3, -0.25) is 9.69 Å². The van der Waals surface area contributed by atoms with Gasteiger partial charge in [0, 0.05) is 56.1 Å². The van der Waals surface area contributed by atoms with E-state index in [-0.39, 0.29) is 12.5 Å². The first-order valence-corrected chi connectivity index (χ1v) is 10.8. The minimum absolute atomic E-state index is 0.000543. The molecule has 4 rings (SSSR count). The van der Waals surface area contributed by atoms with Gasteiger partial charge in [-0.25, -0.2) is 0 Å². The molecule has 6 nitrogen and oxygen atoms in total. The van der Waals surface area contributed by atoms with E-state index in [1.807, 2.05) is 0 Å². The highest BCUT2D eigenvalue weighted by atomic mass is 35.5. The number of benzene rings is 2. The van der Waals surface area contributed by atoms with Crippen molar-refractivity contribution in [2.45, 2.75) is 25.9 Å². The van der Waals surface area contributed by atoms with E-state index in [1.165, 1.54) is 11.3 Å². The number of amides is 1. The third kappa shape index (κ3) is 4.89. The van der Waals surface area contributed by atoms with Crippen molar-refractivity contribution in [1.29, 1.82) is 0 Å². The third-order valence-corrected chi connectivity index (χ3v) is 6.05. The summed E-state index contributed by atoms with van der Waals surface area (Å²) in [6.45, 7) is 6.51. The number of nitrogens with one attached hydrogen (secondary N) is 1. The van der Waals surface area contributed by atoms with E-state index >= 15 is 0 Å². The van der Waals surface area contributed by atoms with Gasteiger partial charge in [-0.2, -0.15) is 0 Å². The summed E-state index contributed by atoms with van der Waals surface area (Å²) in [5, 5.41) is 13.9. The molecule has 0 radical (unpaired) electrons. The van der Waals surface area contributed by atoms with E-state index in [0.29, 0.717) is 30.2 Å². The van der Waals surface area contributed by atoms with Crippen molar-refractivity contribution in [2.24, 2.45) is 0 Å². The number of piperazine rings is 1. The van der Waals surface area contributed by atoms with Crippen molar-refractivity contribution in [1.82, 2.24) is 4.90 Å². The highest BCUT2D eigenvalue weighted by Gasteiger charge is 2.23. The molecule has 1 atom stereocenters. The molecular weight excluding hydrogens is 402 g/mol. The van der Waals surface area contributed by atoms with E-state index < -0.39 is 6.10 Å². The lowest BCUT2D eigenvalue weighted by atomic mass is 10.0. The number of carbonyl (C=O) groups excluding carboxylic acids is 1. The molecule has 160 valence electrons. The number of aryl methyl sites for hydroxylation is 1. The summed E-state index contributed by atoms with van der Waals surface area (Å²) in [4.78, 5) is 16.2. The number of aliphatic hydroxyl groups is 1. The second-order valence-corrected chi connectivity index (χ2v) is 8.45. The van der Waals surface area contributed by atoms with E-state index in [4.69, 9.17) is 16.3 Å². The molecule has 1 fully saturated rings. The predicted octanol–water partition coefficient (Wildman–Crippen LogP) is 3.10. The summed E-state index contributed by atoms with van der Waals surface area (Å²) >= 11 is 6.32. The number of β-amino-alcohol motifs (C(OH)–C–C–N with tert-alkyl or cyclic N) is 1. The quantitative estimate of drug-likeness (QED) is 0.738. The Morgan fingerprint density at radius 2 is 1.83 bits per heavy atom. The Labute approximate surface area is 182 Å². The Hall–Kier alpha value is -2.28. The standard InChI is InChI=1S/C23H28ClN3O3/c1-16-2-4-17(5-3-16)27-12-10-26(11-13-27)14-18(28)15-30-23-19-6-9-22(29)25-21(19)8-7-20(23)24/h2-5,7-8,18,28H,6,9-15H2,1H3,(H,25,29). The Morgan fingerprint density at radius 1 is 1.10 bits per heavy atom. The zero-order valence-corrected chi connectivity index (χ0v) is 18.0. The van der Waals surface area contributed by atoms with Crippen molar-refractivity contribution in [3.63, 3.8) is 0 Å². The molecule has 2 aromatic carbocycles. The maximum atomic E-state index is 11.6. The number of nitrogens with zero attached hydrogens (tertiary/aromatic N) is 2. The highest BCUT2D eigenvalue weighted by molar-refractivity contribution is 6.32. The zero-order chi connectivity index (χ0) is 21.1. The average molecular weight is 430 g/mol. The topological polar surface area (TPSA) is 65.0 Å². The molecule has 2 aromatic rings. The number of anilines is 2. The maximum Gasteiger partial charge on any atom is 0.224 e. The van der Waals surface area contributed by atoms with Crippen molar-refractivity contribution >= 4 is 28.9 Å². The molecule has 1 amide bonds. The fourth-order valence-corrected chi connectivity index (χ4v) is 4.28. The van der Waals surface area contributed by atoms with Crippen LogP contribution in [-0.2, 0) is 11.2 Å². The second-order valence-electron chi connectivity index (χ2n) is 8.04. The number of carbonyl (C=O) groups is 1. The van der Waals surface area contributed by atoms with Crippen LogP contribution in [0.4, 0.5) is 11.4 Å². The average Bonchev–Trinajstić information content (AvgIpc) is 2.74. The van der Waals surface area contributed by atoms with Crippen LogP contribution < -0.4 is 15.0 Å². The van der Waals surface area contributed by atoms with Gasteiger partial charge in [-0.15, -0.1) is 0 Å². The summed E-state index contributed by atoms with van der Waals surface area (Å²) in [6.07, 6.45) is 0.395. The normalized spacial score (nSPS) is 18.0. The van der Waals surface area contributed by atoms with Crippen LogP contribution in [0.25, 0.3) is 0 Å². The van der Waals surface area contributed by atoms with Gasteiger partial charge in [0.1, 0.15) is 18.5 Å². The maximum absolute atomic E-state index is 11.6. The first-order chi connectivity index (χ1) is 14.5. The van der Waals surface area contributed by atoms with Gasteiger partial charge in [0.05, 0.1) is 5.02 Å². The summed E-state index contributed by atoms with van der Waals surface area (Å²) < 4.78 is 5.91. The molecule has 7 heteroatoms. The van der Waals surface area contributed by atoms with Crippen LogP contribution in [0.5, 0.6) is 5.75 Å². The number of rotatable bonds is 6. The highest BCUT2D eigenvalue weighted by Crippen LogP contribution is 2.37. The van der Waals surface area contributed by atoms with Crippen molar-refractivity contribution in [2.75, 3.05) is 49.5 Å². The van der Waals surface area contributed by atoms with Gasteiger partial charge < -0.3 is 20.1 Å². The largest absolute Gasteiger partial charge is 0.489 e. The molecule has 0 saturated carbocycles. The minimum atomic E-state index is -0.610. The van der Waals surface area contributed by atoms with Crippen molar-refractivity contribution in [3.05, 3.63) is 52.5 Å². The Bertz CT molecular complexity index is 895. The molecule has 0 bridgehead atoms. The molecule has 0 aliphatic carbocycles. The predicted molar refractivity (Wildman–Crippen MR) is 120 cm³/mol. The van der Waals surface area contributed by atoms with Gasteiger partial charge in [-0.05, 0) is 37.6 Å². The number of hydrogen-bond acceptors (Lipinski definition) is 5. The van der Waals surface area contributed by atoms with Crippen molar-refractivity contribution < 1.29 is 14.6 Å². The van der Waals surface area contributed by atoms with Crippen LogP contribution in [0.15, 0.2) is 36.4 Å². The first-order valence-electron chi connectivity index (χ1n) is 10.5. The van der Waals surface area contributed by atoms with Gasteiger partial charge in [0.2, 0.25) is 5.91 Å².